The molecule has 0 bridgehead atoms. The molecule has 3 heteroatoms. The van der Waals surface area contributed by atoms with E-state index < -0.39 is 0 Å². The molecule has 1 unspecified atom stereocenters. The summed E-state index contributed by atoms with van der Waals surface area (Å²) >= 11 is 0. The Bertz CT molecular complexity index is 922. The second-order valence-corrected chi connectivity index (χ2v) is 6.49. The van der Waals surface area contributed by atoms with Gasteiger partial charge in [0.2, 0.25) is 0 Å². The number of H-pyrrole nitrogens is 1. The molecule has 1 aliphatic heterocycles. The number of aromatic amines is 1. The van der Waals surface area contributed by atoms with E-state index in [0.717, 1.165) is 35.9 Å². The molecule has 0 saturated heterocycles. The van der Waals surface area contributed by atoms with Gasteiger partial charge in [0.1, 0.15) is 5.75 Å². The van der Waals surface area contributed by atoms with E-state index >= 15 is 0 Å². The maximum absolute atomic E-state index is 10.0. The number of benzene rings is 2. The molecule has 126 valence electrons. The molecule has 3 aromatic rings. The van der Waals surface area contributed by atoms with Gasteiger partial charge in [-0.05, 0) is 35.6 Å². The number of aromatic nitrogens is 1. The summed E-state index contributed by atoms with van der Waals surface area (Å²) in [4.78, 5) is 3.09. The molecule has 0 amide bonds. The third-order valence-electron chi connectivity index (χ3n) is 4.80. The molecule has 1 atom stereocenters. The number of fused-ring (bicyclic) bond motifs is 1. The third-order valence-corrected chi connectivity index (χ3v) is 4.80. The Labute approximate surface area is 147 Å². The molecule has 25 heavy (non-hydrogen) atoms. The molecule has 3 nitrogen and oxygen atoms in total. The topological polar surface area (TPSA) is 48.0 Å². The van der Waals surface area contributed by atoms with E-state index in [-0.39, 0.29) is 0 Å². The van der Waals surface area contributed by atoms with Crippen LogP contribution in [0.1, 0.15) is 24.0 Å². The van der Waals surface area contributed by atoms with Crippen molar-refractivity contribution in [2.75, 3.05) is 6.54 Å². The van der Waals surface area contributed by atoms with Gasteiger partial charge in [-0.25, -0.2) is 0 Å². The van der Waals surface area contributed by atoms with Crippen molar-refractivity contribution < 1.29 is 5.11 Å². The fraction of sp³-hybridized carbons (Fsp3) is 0.182. The van der Waals surface area contributed by atoms with Gasteiger partial charge in [0.15, 0.2) is 0 Å². The highest BCUT2D eigenvalue weighted by Crippen LogP contribution is 2.29. The lowest BCUT2D eigenvalue weighted by molar-refractivity contribution is 0.481. The van der Waals surface area contributed by atoms with Crippen LogP contribution < -0.4 is 5.32 Å². The fourth-order valence-electron chi connectivity index (χ4n) is 3.52. The lowest BCUT2D eigenvalue weighted by Gasteiger charge is -2.23. The Balaban J connectivity index is 1.45. The summed E-state index contributed by atoms with van der Waals surface area (Å²) < 4.78 is 0. The van der Waals surface area contributed by atoms with Crippen LogP contribution in [0.15, 0.2) is 66.9 Å². The molecular formula is C22H22N2O. The highest BCUT2D eigenvalue weighted by atomic mass is 16.3. The largest absolute Gasteiger partial charge is 0.506 e. The molecule has 1 aliphatic rings. The number of nitrogens with one attached hydrogen (secondary N) is 2. The molecule has 2 aromatic carbocycles. The van der Waals surface area contributed by atoms with E-state index in [1.54, 1.807) is 6.20 Å². The van der Waals surface area contributed by atoms with Gasteiger partial charge in [0, 0.05) is 29.7 Å². The molecule has 3 N–H and O–H groups in total. The van der Waals surface area contributed by atoms with Gasteiger partial charge in [-0.15, -0.1) is 0 Å². The van der Waals surface area contributed by atoms with E-state index in [0.29, 0.717) is 11.8 Å². The van der Waals surface area contributed by atoms with Crippen molar-refractivity contribution in [3.8, 4) is 5.75 Å². The SMILES string of the molecule is Oc1c[nH]c2cccc(C=CCC3CC(c4ccccc4)=CCN3)c12. The van der Waals surface area contributed by atoms with Crippen LogP contribution >= 0.6 is 0 Å². The molecule has 4 rings (SSSR count). The molecule has 0 fully saturated rings. The third kappa shape index (κ3) is 3.37. The zero-order valence-electron chi connectivity index (χ0n) is 14.1. The van der Waals surface area contributed by atoms with Crippen LogP contribution in [0.25, 0.3) is 22.6 Å². The number of hydrogen-bond donors (Lipinski definition) is 3. The van der Waals surface area contributed by atoms with Crippen LogP contribution in [0.3, 0.4) is 0 Å². The Morgan fingerprint density at radius 3 is 2.84 bits per heavy atom. The van der Waals surface area contributed by atoms with Gasteiger partial charge in [0.05, 0.1) is 0 Å². The predicted octanol–water partition coefficient (Wildman–Crippen LogP) is 4.72. The van der Waals surface area contributed by atoms with Crippen molar-refractivity contribution in [2.45, 2.75) is 18.9 Å². The van der Waals surface area contributed by atoms with Gasteiger partial charge in [-0.1, -0.05) is 60.7 Å². The monoisotopic (exact) mass is 330 g/mol. The second kappa shape index (κ2) is 6.99. The van der Waals surface area contributed by atoms with Crippen molar-refractivity contribution in [1.82, 2.24) is 10.3 Å². The predicted molar refractivity (Wildman–Crippen MR) is 104 cm³/mol. The number of aromatic hydroxyl groups is 1. The van der Waals surface area contributed by atoms with E-state index in [1.807, 2.05) is 18.2 Å². The molecule has 2 heterocycles. The van der Waals surface area contributed by atoms with Crippen molar-refractivity contribution in [3.05, 3.63) is 78.0 Å². The van der Waals surface area contributed by atoms with Gasteiger partial charge in [-0.3, -0.25) is 0 Å². The van der Waals surface area contributed by atoms with Crippen LogP contribution in [0.5, 0.6) is 5.75 Å². The summed E-state index contributed by atoms with van der Waals surface area (Å²) in [5.74, 6) is 0.306. The average molecular weight is 330 g/mol. The van der Waals surface area contributed by atoms with E-state index in [1.165, 1.54) is 11.1 Å². The molecule has 1 aromatic heterocycles. The molecule has 0 aliphatic carbocycles. The Morgan fingerprint density at radius 2 is 1.96 bits per heavy atom. The first-order chi connectivity index (χ1) is 12.3. The van der Waals surface area contributed by atoms with Crippen LogP contribution in [-0.4, -0.2) is 22.7 Å². The minimum atomic E-state index is 0.306. The van der Waals surface area contributed by atoms with Crippen molar-refractivity contribution in [3.63, 3.8) is 0 Å². The molecule has 0 spiro atoms. The Kier molecular flexibility index (Phi) is 4.40. The summed E-state index contributed by atoms with van der Waals surface area (Å²) in [7, 11) is 0. The Morgan fingerprint density at radius 1 is 1.08 bits per heavy atom. The van der Waals surface area contributed by atoms with Crippen LogP contribution in [0.4, 0.5) is 0 Å². The van der Waals surface area contributed by atoms with Crippen LogP contribution in [0.2, 0.25) is 0 Å². The zero-order chi connectivity index (χ0) is 17.1. The van der Waals surface area contributed by atoms with Crippen LogP contribution in [0, 0.1) is 0 Å². The standard InChI is InChI=1S/C22H22N2O/c25-21-15-24-20-11-5-9-17(22(20)21)8-4-10-19-14-18(12-13-23-19)16-6-2-1-3-7-16/h1-9,11-12,15,19,23-25H,10,13-14H2. The van der Waals surface area contributed by atoms with E-state index in [2.05, 4.69) is 58.9 Å². The quantitative estimate of drug-likeness (QED) is 0.648. The first-order valence-corrected chi connectivity index (χ1v) is 8.75. The first kappa shape index (κ1) is 15.7. The maximum atomic E-state index is 10.0. The number of hydrogen-bond acceptors (Lipinski definition) is 2. The highest BCUT2D eigenvalue weighted by Gasteiger charge is 2.14. The van der Waals surface area contributed by atoms with Gasteiger partial charge < -0.3 is 15.4 Å². The van der Waals surface area contributed by atoms with Crippen molar-refractivity contribution in [2.24, 2.45) is 0 Å². The summed E-state index contributed by atoms with van der Waals surface area (Å²) in [5, 5.41) is 14.5. The normalized spacial score (nSPS) is 17.9. The Hall–Kier alpha value is -2.78. The van der Waals surface area contributed by atoms with Gasteiger partial charge in [-0.2, -0.15) is 0 Å². The second-order valence-electron chi connectivity index (χ2n) is 6.49. The summed E-state index contributed by atoms with van der Waals surface area (Å²) in [6.07, 6.45) is 10.2. The molecular weight excluding hydrogens is 308 g/mol. The summed E-state index contributed by atoms with van der Waals surface area (Å²) in [6.45, 7) is 0.914. The van der Waals surface area contributed by atoms with E-state index in [9.17, 15) is 5.11 Å². The first-order valence-electron chi connectivity index (χ1n) is 8.75. The zero-order valence-corrected chi connectivity index (χ0v) is 14.1. The maximum Gasteiger partial charge on any atom is 0.141 e. The van der Waals surface area contributed by atoms with E-state index in [4.69, 9.17) is 0 Å². The van der Waals surface area contributed by atoms with Crippen molar-refractivity contribution >= 4 is 22.6 Å². The van der Waals surface area contributed by atoms with Gasteiger partial charge >= 0.3 is 0 Å². The smallest absolute Gasteiger partial charge is 0.141 e. The van der Waals surface area contributed by atoms with Crippen molar-refractivity contribution in [1.29, 1.82) is 0 Å². The highest BCUT2D eigenvalue weighted by molar-refractivity contribution is 5.93. The summed E-state index contributed by atoms with van der Waals surface area (Å²) in [6, 6.07) is 17.1. The molecule has 0 saturated carbocycles. The lowest BCUT2D eigenvalue weighted by atomic mass is 9.93. The fourth-order valence-corrected chi connectivity index (χ4v) is 3.52. The van der Waals surface area contributed by atoms with Crippen LogP contribution in [-0.2, 0) is 0 Å². The summed E-state index contributed by atoms with van der Waals surface area (Å²) in [5.41, 5.74) is 4.75. The number of rotatable bonds is 4. The minimum Gasteiger partial charge on any atom is -0.506 e. The molecule has 0 radical (unpaired) electrons. The lowest BCUT2D eigenvalue weighted by Crippen LogP contribution is -2.32. The minimum absolute atomic E-state index is 0.306. The average Bonchev–Trinajstić information content (AvgIpc) is 3.05. The van der Waals surface area contributed by atoms with Gasteiger partial charge in [0.25, 0.3) is 0 Å².